The van der Waals surface area contributed by atoms with Crippen molar-refractivity contribution in [1.29, 1.82) is 0 Å². The summed E-state index contributed by atoms with van der Waals surface area (Å²) in [5.41, 5.74) is 8.35. The van der Waals surface area contributed by atoms with Gasteiger partial charge in [-0.05, 0) is 30.9 Å². The number of hydrogen-bond acceptors (Lipinski definition) is 3. The first kappa shape index (κ1) is 12.8. The lowest BCUT2D eigenvalue weighted by Gasteiger charge is -2.29. The number of nitrogens with two attached hydrogens (primary N) is 1. The van der Waals surface area contributed by atoms with E-state index in [1.165, 1.54) is 0 Å². The van der Waals surface area contributed by atoms with Crippen LogP contribution in [0.4, 0.5) is 11.4 Å². The fourth-order valence-corrected chi connectivity index (χ4v) is 5.36. The van der Waals surface area contributed by atoms with Crippen LogP contribution in [-0.2, 0) is 16.4 Å². The van der Waals surface area contributed by atoms with Crippen molar-refractivity contribution in [2.45, 2.75) is 43.8 Å². The molecule has 19 heavy (non-hydrogen) atoms. The monoisotopic (exact) mass is 280 g/mol. The second kappa shape index (κ2) is 4.71. The Morgan fingerprint density at radius 2 is 1.89 bits per heavy atom. The standard InChI is InChI=1S/C14H20N2O2S/c15-13-8-4-5-11-9-10-16(14(11)13)19(17,18)12-6-2-1-3-7-12/h4-5,8,12H,1-3,6-7,9-10,15H2. The van der Waals surface area contributed by atoms with Gasteiger partial charge in [-0.3, -0.25) is 4.31 Å². The highest BCUT2D eigenvalue weighted by Gasteiger charge is 2.37. The summed E-state index contributed by atoms with van der Waals surface area (Å²) in [6, 6.07) is 5.65. The number of rotatable bonds is 2. The van der Waals surface area contributed by atoms with Crippen molar-refractivity contribution in [2.24, 2.45) is 0 Å². The molecule has 2 N–H and O–H groups in total. The molecule has 2 aliphatic rings. The second-order valence-electron chi connectivity index (χ2n) is 5.48. The summed E-state index contributed by atoms with van der Waals surface area (Å²) in [5, 5.41) is -0.216. The smallest absolute Gasteiger partial charge is 0.238 e. The van der Waals surface area contributed by atoms with Gasteiger partial charge in [-0.25, -0.2) is 8.42 Å². The number of sulfonamides is 1. The molecule has 1 aliphatic heterocycles. The molecule has 4 nitrogen and oxygen atoms in total. The van der Waals surface area contributed by atoms with Crippen molar-refractivity contribution in [3.8, 4) is 0 Å². The number of hydrogen-bond donors (Lipinski definition) is 1. The zero-order chi connectivity index (χ0) is 13.5. The third-order valence-corrected chi connectivity index (χ3v) is 6.56. The molecule has 0 radical (unpaired) electrons. The summed E-state index contributed by atoms with van der Waals surface area (Å²) in [4.78, 5) is 0. The Labute approximate surface area is 114 Å². The maximum Gasteiger partial charge on any atom is 0.238 e. The van der Waals surface area contributed by atoms with Crippen molar-refractivity contribution in [3.63, 3.8) is 0 Å². The zero-order valence-corrected chi connectivity index (χ0v) is 11.8. The Balaban J connectivity index is 1.96. The van der Waals surface area contributed by atoms with Gasteiger partial charge in [0.25, 0.3) is 0 Å². The third kappa shape index (κ3) is 2.10. The van der Waals surface area contributed by atoms with Crippen LogP contribution in [0.2, 0.25) is 0 Å². The lowest BCUT2D eigenvalue weighted by Crippen LogP contribution is -2.39. The van der Waals surface area contributed by atoms with Crippen molar-refractivity contribution < 1.29 is 8.42 Å². The van der Waals surface area contributed by atoms with E-state index in [2.05, 4.69) is 0 Å². The molecule has 1 fully saturated rings. The molecule has 5 heteroatoms. The topological polar surface area (TPSA) is 63.4 Å². The normalized spacial score (nSPS) is 20.5. The van der Waals surface area contributed by atoms with Gasteiger partial charge in [-0.15, -0.1) is 0 Å². The molecule has 0 saturated heterocycles. The van der Waals surface area contributed by atoms with E-state index < -0.39 is 10.0 Å². The van der Waals surface area contributed by atoms with Crippen LogP contribution >= 0.6 is 0 Å². The molecule has 1 aromatic carbocycles. The van der Waals surface area contributed by atoms with E-state index in [-0.39, 0.29) is 5.25 Å². The first-order valence-corrected chi connectivity index (χ1v) is 8.50. The Morgan fingerprint density at radius 3 is 2.63 bits per heavy atom. The van der Waals surface area contributed by atoms with Gasteiger partial charge in [0.1, 0.15) is 0 Å². The van der Waals surface area contributed by atoms with Crippen LogP contribution in [0.5, 0.6) is 0 Å². The Kier molecular flexibility index (Phi) is 3.17. The third-order valence-electron chi connectivity index (χ3n) is 4.27. The molecule has 104 valence electrons. The maximum atomic E-state index is 12.8. The summed E-state index contributed by atoms with van der Waals surface area (Å²) in [5.74, 6) is 0. The van der Waals surface area contributed by atoms with Crippen molar-refractivity contribution in [2.75, 3.05) is 16.6 Å². The van der Waals surface area contributed by atoms with Gasteiger partial charge >= 0.3 is 0 Å². The van der Waals surface area contributed by atoms with Gasteiger partial charge < -0.3 is 5.73 Å². The summed E-state index contributed by atoms with van der Waals surface area (Å²) in [6.07, 6.45) is 5.56. The van der Waals surface area contributed by atoms with Gasteiger partial charge in [-0.1, -0.05) is 31.4 Å². The molecule has 3 rings (SSSR count). The number of fused-ring (bicyclic) bond motifs is 1. The number of anilines is 2. The van der Waals surface area contributed by atoms with E-state index in [0.717, 1.165) is 49.8 Å². The molecular formula is C14H20N2O2S. The average Bonchev–Trinajstić information content (AvgIpc) is 2.86. The Bertz CT molecular complexity index is 577. The minimum absolute atomic E-state index is 0.216. The molecule has 1 heterocycles. The largest absolute Gasteiger partial charge is 0.397 e. The Hall–Kier alpha value is -1.23. The number of para-hydroxylation sites is 1. The van der Waals surface area contributed by atoms with Crippen LogP contribution in [0.15, 0.2) is 18.2 Å². The number of nitrogens with zero attached hydrogens (tertiary/aromatic N) is 1. The van der Waals surface area contributed by atoms with E-state index in [9.17, 15) is 8.42 Å². The van der Waals surface area contributed by atoms with Crippen molar-refractivity contribution in [1.82, 2.24) is 0 Å². The highest BCUT2D eigenvalue weighted by atomic mass is 32.2. The molecule has 1 aromatic rings. The molecule has 0 spiro atoms. The molecule has 0 unspecified atom stereocenters. The molecule has 0 amide bonds. The molecule has 1 saturated carbocycles. The van der Waals surface area contributed by atoms with Crippen LogP contribution in [0.25, 0.3) is 0 Å². The number of nitrogen functional groups attached to an aromatic ring is 1. The van der Waals surface area contributed by atoms with Crippen molar-refractivity contribution >= 4 is 21.4 Å². The van der Waals surface area contributed by atoms with Crippen LogP contribution in [0.1, 0.15) is 37.7 Å². The van der Waals surface area contributed by atoms with Crippen LogP contribution in [0, 0.1) is 0 Å². The summed E-state index contributed by atoms with van der Waals surface area (Å²) >= 11 is 0. The van der Waals surface area contributed by atoms with E-state index in [1.54, 1.807) is 10.4 Å². The van der Waals surface area contributed by atoms with Gasteiger partial charge in [0.15, 0.2) is 0 Å². The van der Waals surface area contributed by atoms with E-state index in [0.29, 0.717) is 12.2 Å². The van der Waals surface area contributed by atoms with Crippen LogP contribution in [-0.4, -0.2) is 20.2 Å². The predicted molar refractivity (Wildman–Crippen MR) is 77.7 cm³/mol. The zero-order valence-electron chi connectivity index (χ0n) is 11.0. The molecule has 0 atom stereocenters. The van der Waals surface area contributed by atoms with Crippen LogP contribution in [0.3, 0.4) is 0 Å². The van der Waals surface area contributed by atoms with Gasteiger partial charge in [0, 0.05) is 6.54 Å². The molecule has 1 aliphatic carbocycles. The maximum absolute atomic E-state index is 12.8. The van der Waals surface area contributed by atoms with Crippen LogP contribution < -0.4 is 10.0 Å². The quantitative estimate of drug-likeness (QED) is 0.845. The molecular weight excluding hydrogens is 260 g/mol. The van der Waals surface area contributed by atoms with Gasteiger partial charge in [-0.2, -0.15) is 0 Å². The highest BCUT2D eigenvalue weighted by Crippen LogP contribution is 2.38. The number of benzene rings is 1. The lowest BCUT2D eigenvalue weighted by molar-refractivity contribution is 0.482. The summed E-state index contributed by atoms with van der Waals surface area (Å²) < 4.78 is 27.1. The van der Waals surface area contributed by atoms with E-state index in [1.807, 2.05) is 12.1 Å². The molecule has 0 bridgehead atoms. The summed E-state index contributed by atoms with van der Waals surface area (Å²) in [6.45, 7) is 0.544. The Morgan fingerprint density at radius 1 is 1.16 bits per heavy atom. The van der Waals surface area contributed by atoms with Gasteiger partial charge in [0.2, 0.25) is 10.0 Å². The first-order valence-electron chi connectivity index (χ1n) is 6.99. The predicted octanol–water partition coefficient (Wildman–Crippen LogP) is 2.29. The van der Waals surface area contributed by atoms with E-state index >= 15 is 0 Å². The minimum Gasteiger partial charge on any atom is -0.397 e. The second-order valence-corrected chi connectivity index (χ2v) is 7.62. The van der Waals surface area contributed by atoms with E-state index in [4.69, 9.17) is 5.73 Å². The SMILES string of the molecule is Nc1cccc2c1N(S(=O)(=O)C1CCCCC1)CC2. The first-order chi connectivity index (χ1) is 9.10. The fourth-order valence-electron chi connectivity index (χ4n) is 3.25. The fraction of sp³-hybridized carbons (Fsp3) is 0.571. The lowest BCUT2D eigenvalue weighted by atomic mass is 10.0. The summed E-state index contributed by atoms with van der Waals surface area (Å²) in [7, 11) is -3.24. The van der Waals surface area contributed by atoms with Gasteiger partial charge in [0.05, 0.1) is 16.6 Å². The highest BCUT2D eigenvalue weighted by molar-refractivity contribution is 7.93. The molecule has 0 aromatic heterocycles. The minimum atomic E-state index is -3.24. The van der Waals surface area contributed by atoms with Crippen molar-refractivity contribution in [3.05, 3.63) is 23.8 Å². The average molecular weight is 280 g/mol.